The van der Waals surface area contributed by atoms with Gasteiger partial charge in [0.05, 0.1) is 23.0 Å². The van der Waals surface area contributed by atoms with Crippen LogP contribution in [0.3, 0.4) is 0 Å². The van der Waals surface area contributed by atoms with E-state index < -0.39 is 16.3 Å². The molecule has 2 fully saturated rings. The first-order valence-electron chi connectivity index (χ1n) is 7.98. The molecule has 2 saturated heterocycles. The minimum atomic E-state index is -0.572. The molecule has 0 amide bonds. The van der Waals surface area contributed by atoms with E-state index >= 15 is 0 Å². The number of piperidine rings is 1. The van der Waals surface area contributed by atoms with Crippen LogP contribution in [0.15, 0.2) is 17.1 Å². The molecule has 1 unspecified atom stereocenters. The zero-order valence-electron chi connectivity index (χ0n) is 13.5. The van der Waals surface area contributed by atoms with Gasteiger partial charge in [-0.2, -0.15) is 4.98 Å². The average Bonchev–Trinajstić information content (AvgIpc) is 2.95. The molecule has 1 atom stereocenters. The molecular weight excluding hydrogens is 348 g/mol. The summed E-state index contributed by atoms with van der Waals surface area (Å²) in [6, 6.07) is 1.23. The quantitative estimate of drug-likeness (QED) is 0.585. The molecule has 1 spiro atoms. The highest BCUT2D eigenvalue weighted by molar-refractivity contribution is 7.21. The molecule has 2 aromatic rings. The zero-order chi connectivity index (χ0) is 17.6. The predicted molar refractivity (Wildman–Crippen MR) is 91.0 cm³/mol. The Kier molecular flexibility index (Phi) is 3.89. The summed E-state index contributed by atoms with van der Waals surface area (Å²) in [6.07, 6.45) is 2.66. The Bertz CT molecular complexity index is 893. The number of nitro groups is 1. The molecule has 0 aromatic carbocycles. The number of nitrogens with zero attached hydrogens (tertiary/aromatic N) is 4. The van der Waals surface area contributed by atoms with E-state index in [0.29, 0.717) is 42.5 Å². The third-order valence-corrected chi connectivity index (χ3v) is 5.51. The van der Waals surface area contributed by atoms with Gasteiger partial charge < -0.3 is 14.4 Å². The van der Waals surface area contributed by atoms with Gasteiger partial charge in [0, 0.05) is 32.0 Å². The van der Waals surface area contributed by atoms with Crippen LogP contribution in [0.2, 0.25) is 0 Å². The van der Waals surface area contributed by atoms with Crippen molar-refractivity contribution in [2.24, 2.45) is 0 Å². The van der Waals surface area contributed by atoms with Crippen LogP contribution in [-0.2, 0) is 9.47 Å². The Morgan fingerprint density at radius 2 is 2.20 bits per heavy atom. The second-order valence-corrected chi connectivity index (χ2v) is 7.20. The van der Waals surface area contributed by atoms with Crippen molar-refractivity contribution in [3.63, 3.8) is 0 Å². The SMILES string of the molecule is CC1COC2(CCN(c3nc(=O)c4cc([N+](=O)[O-])cnc4s3)CC2)O1. The maximum Gasteiger partial charge on any atom is 0.288 e. The van der Waals surface area contributed by atoms with E-state index in [-0.39, 0.29) is 17.2 Å². The van der Waals surface area contributed by atoms with Crippen LogP contribution < -0.4 is 10.5 Å². The largest absolute Gasteiger partial charge is 0.348 e. The van der Waals surface area contributed by atoms with Crippen molar-refractivity contribution in [2.45, 2.75) is 31.7 Å². The lowest BCUT2D eigenvalue weighted by atomic mass is 10.0. The highest BCUT2D eigenvalue weighted by atomic mass is 32.1. The zero-order valence-corrected chi connectivity index (χ0v) is 14.3. The number of hydrogen-bond donors (Lipinski definition) is 0. The molecular formula is C15H16N4O5S. The Morgan fingerprint density at radius 3 is 2.84 bits per heavy atom. The van der Waals surface area contributed by atoms with Gasteiger partial charge >= 0.3 is 0 Å². The van der Waals surface area contributed by atoms with Crippen LogP contribution in [0.25, 0.3) is 10.2 Å². The molecule has 2 aliphatic rings. The highest BCUT2D eigenvalue weighted by Crippen LogP contribution is 2.36. The minimum absolute atomic E-state index is 0.0985. The molecule has 25 heavy (non-hydrogen) atoms. The number of rotatable bonds is 2. The van der Waals surface area contributed by atoms with E-state index in [1.54, 1.807) is 0 Å². The molecule has 10 heteroatoms. The summed E-state index contributed by atoms with van der Waals surface area (Å²) in [5.41, 5.74) is -0.710. The third kappa shape index (κ3) is 2.96. The Labute approximate surface area is 146 Å². The van der Waals surface area contributed by atoms with Gasteiger partial charge in [-0.25, -0.2) is 4.98 Å². The fourth-order valence-corrected chi connectivity index (χ4v) is 4.15. The molecule has 9 nitrogen and oxygen atoms in total. The summed E-state index contributed by atoms with van der Waals surface area (Å²) in [5, 5.41) is 11.6. The van der Waals surface area contributed by atoms with Crippen LogP contribution in [0.5, 0.6) is 0 Å². The molecule has 2 aliphatic heterocycles. The molecule has 0 N–H and O–H groups in total. The van der Waals surface area contributed by atoms with Crippen LogP contribution in [-0.4, -0.2) is 46.5 Å². The lowest BCUT2D eigenvalue weighted by Gasteiger charge is -2.37. The van der Waals surface area contributed by atoms with E-state index in [1.165, 1.54) is 17.4 Å². The topological polar surface area (TPSA) is 108 Å². The van der Waals surface area contributed by atoms with E-state index in [9.17, 15) is 14.9 Å². The van der Waals surface area contributed by atoms with Gasteiger partial charge in [-0.3, -0.25) is 14.9 Å². The van der Waals surface area contributed by atoms with Crippen molar-refractivity contribution in [1.82, 2.24) is 9.97 Å². The van der Waals surface area contributed by atoms with Crippen LogP contribution in [0.4, 0.5) is 10.8 Å². The van der Waals surface area contributed by atoms with Crippen LogP contribution in [0, 0.1) is 10.1 Å². The molecule has 0 radical (unpaired) electrons. The van der Waals surface area contributed by atoms with Gasteiger partial charge in [0.15, 0.2) is 10.9 Å². The molecule has 4 heterocycles. The maximum atomic E-state index is 12.3. The average molecular weight is 364 g/mol. The standard InChI is InChI=1S/C15H16N4O5S/c1-9-8-23-15(24-9)2-4-18(5-3-15)14-17-12(20)11-6-10(19(21)22)7-16-13(11)25-14/h6-7,9H,2-5,8H2,1H3. The summed E-state index contributed by atoms with van der Waals surface area (Å²) in [6.45, 7) is 3.91. The first-order valence-corrected chi connectivity index (χ1v) is 8.79. The molecule has 4 rings (SSSR count). The van der Waals surface area contributed by atoms with Crippen LogP contribution >= 0.6 is 11.3 Å². The van der Waals surface area contributed by atoms with Crippen molar-refractivity contribution < 1.29 is 14.4 Å². The van der Waals surface area contributed by atoms with Crippen molar-refractivity contribution in [1.29, 1.82) is 0 Å². The lowest BCUT2D eigenvalue weighted by Crippen LogP contribution is -2.45. The fraction of sp³-hybridized carbons (Fsp3) is 0.533. The highest BCUT2D eigenvalue weighted by Gasteiger charge is 2.42. The van der Waals surface area contributed by atoms with Gasteiger partial charge in [-0.1, -0.05) is 11.3 Å². The predicted octanol–water partition coefficient (Wildman–Crippen LogP) is 1.69. The summed E-state index contributed by atoms with van der Waals surface area (Å²) >= 11 is 1.26. The minimum Gasteiger partial charge on any atom is -0.348 e. The Balaban J connectivity index is 1.59. The number of ether oxygens (including phenoxy) is 2. The summed E-state index contributed by atoms with van der Waals surface area (Å²) < 4.78 is 11.7. The molecule has 2 aromatic heterocycles. The number of fused-ring (bicyclic) bond motifs is 1. The monoisotopic (exact) mass is 364 g/mol. The second kappa shape index (κ2) is 5.97. The van der Waals surface area contributed by atoms with Crippen molar-refractivity contribution >= 4 is 32.4 Å². The summed E-state index contributed by atoms with van der Waals surface area (Å²) in [4.78, 5) is 33.1. The number of pyridine rings is 1. The van der Waals surface area contributed by atoms with Gasteiger partial charge in [0.2, 0.25) is 0 Å². The van der Waals surface area contributed by atoms with E-state index in [2.05, 4.69) is 9.97 Å². The van der Waals surface area contributed by atoms with Crippen molar-refractivity contribution in [3.8, 4) is 0 Å². The Morgan fingerprint density at radius 1 is 1.44 bits per heavy atom. The van der Waals surface area contributed by atoms with E-state index in [1.807, 2.05) is 11.8 Å². The number of aromatic nitrogens is 2. The van der Waals surface area contributed by atoms with E-state index in [4.69, 9.17) is 9.47 Å². The van der Waals surface area contributed by atoms with Gasteiger partial charge in [-0.15, -0.1) is 0 Å². The number of hydrogen-bond acceptors (Lipinski definition) is 9. The van der Waals surface area contributed by atoms with Gasteiger partial charge in [-0.05, 0) is 6.92 Å². The second-order valence-electron chi connectivity index (χ2n) is 6.24. The maximum absolute atomic E-state index is 12.3. The molecule has 132 valence electrons. The summed E-state index contributed by atoms with van der Waals surface area (Å²) in [5.74, 6) is -0.517. The van der Waals surface area contributed by atoms with Crippen molar-refractivity contribution in [2.75, 3.05) is 24.6 Å². The molecule has 0 bridgehead atoms. The third-order valence-electron chi connectivity index (χ3n) is 4.46. The fourth-order valence-electron chi connectivity index (χ4n) is 3.17. The Hall–Kier alpha value is -2.17. The molecule has 0 saturated carbocycles. The van der Waals surface area contributed by atoms with Crippen molar-refractivity contribution in [3.05, 3.63) is 32.7 Å². The summed E-state index contributed by atoms with van der Waals surface area (Å²) in [7, 11) is 0. The smallest absolute Gasteiger partial charge is 0.288 e. The van der Waals surface area contributed by atoms with Crippen LogP contribution in [0.1, 0.15) is 19.8 Å². The number of anilines is 1. The normalized spacial score (nSPS) is 22.6. The lowest BCUT2D eigenvalue weighted by molar-refractivity contribution is -0.385. The van der Waals surface area contributed by atoms with Gasteiger partial charge in [0.25, 0.3) is 11.2 Å². The molecule has 0 aliphatic carbocycles. The van der Waals surface area contributed by atoms with Gasteiger partial charge in [0.1, 0.15) is 11.0 Å². The van der Waals surface area contributed by atoms with E-state index in [0.717, 1.165) is 6.20 Å². The first kappa shape index (κ1) is 16.3. The first-order chi connectivity index (χ1) is 12.0.